The van der Waals surface area contributed by atoms with E-state index < -0.39 is 0 Å². The van der Waals surface area contributed by atoms with Crippen molar-refractivity contribution >= 4 is 21.6 Å². The fourth-order valence-corrected chi connectivity index (χ4v) is 2.53. The molecule has 2 aromatic heterocycles. The van der Waals surface area contributed by atoms with Crippen molar-refractivity contribution in [2.75, 3.05) is 6.54 Å². The first-order valence-corrected chi connectivity index (χ1v) is 6.25. The SMILES string of the molecule is NCC1(c2nc3ccc(Br)cn3n2)CCC1. The van der Waals surface area contributed by atoms with E-state index in [-0.39, 0.29) is 5.41 Å². The molecule has 84 valence electrons. The molecule has 0 spiro atoms. The standard InChI is InChI=1S/C11H13BrN4/c12-8-2-3-9-14-10(15-16(9)6-8)11(7-13)4-1-5-11/h2-3,6H,1,4-5,7,13H2. The van der Waals surface area contributed by atoms with Gasteiger partial charge in [0.2, 0.25) is 0 Å². The van der Waals surface area contributed by atoms with Crippen LogP contribution in [0.2, 0.25) is 0 Å². The number of hydrogen-bond donors (Lipinski definition) is 1. The van der Waals surface area contributed by atoms with E-state index in [1.54, 1.807) is 0 Å². The van der Waals surface area contributed by atoms with Gasteiger partial charge in [-0.25, -0.2) is 9.50 Å². The van der Waals surface area contributed by atoms with Crippen LogP contribution >= 0.6 is 15.9 Å². The lowest BCUT2D eigenvalue weighted by Gasteiger charge is -2.38. The summed E-state index contributed by atoms with van der Waals surface area (Å²) < 4.78 is 2.82. The average molecular weight is 281 g/mol. The Labute approximate surface area is 102 Å². The van der Waals surface area contributed by atoms with E-state index in [9.17, 15) is 0 Å². The Morgan fingerprint density at radius 2 is 2.25 bits per heavy atom. The zero-order valence-corrected chi connectivity index (χ0v) is 10.4. The molecule has 0 unspecified atom stereocenters. The van der Waals surface area contributed by atoms with E-state index in [4.69, 9.17) is 5.73 Å². The number of pyridine rings is 1. The van der Waals surface area contributed by atoms with Crippen LogP contribution in [0, 0.1) is 0 Å². The molecule has 1 saturated carbocycles. The smallest absolute Gasteiger partial charge is 0.159 e. The van der Waals surface area contributed by atoms with Gasteiger partial charge in [0.1, 0.15) is 0 Å². The lowest BCUT2D eigenvalue weighted by molar-refractivity contribution is 0.238. The third-order valence-electron chi connectivity index (χ3n) is 3.47. The molecule has 1 aliphatic rings. The summed E-state index contributed by atoms with van der Waals surface area (Å²) in [4.78, 5) is 4.57. The molecule has 0 atom stereocenters. The minimum Gasteiger partial charge on any atom is -0.329 e. The van der Waals surface area contributed by atoms with Crippen molar-refractivity contribution in [3.63, 3.8) is 0 Å². The van der Waals surface area contributed by atoms with Crippen LogP contribution in [0.5, 0.6) is 0 Å². The first-order chi connectivity index (χ1) is 7.73. The maximum absolute atomic E-state index is 5.85. The molecule has 0 aliphatic heterocycles. The van der Waals surface area contributed by atoms with Gasteiger partial charge in [0.15, 0.2) is 11.5 Å². The Bertz CT molecular complexity index is 524. The van der Waals surface area contributed by atoms with E-state index in [0.717, 1.165) is 28.8 Å². The van der Waals surface area contributed by atoms with Gasteiger partial charge >= 0.3 is 0 Å². The van der Waals surface area contributed by atoms with Crippen molar-refractivity contribution in [1.29, 1.82) is 0 Å². The highest BCUT2D eigenvalue weighted by Gasteiger charge is 2.41. The van der Waals surface area contributed by atoms with Gasteiger partial charge in [-0.15, -0.1) is 0 Å². The number of hydrogen-bond acceptors (Lipinski definition) is 3. The fourth-order valence-electron chi connectivity index (χ4n) is 2.21. The molecule has 0 saturated heterocycles. The Morgan fingerprint density at radius 1 is 1.44 bits per heavy atom. The van der Waals surface area contributed by atoms with Gasteiger partial charge < -0.3 is 5.73 Å². The lowest BCUT2D eigenvalue weighted by atomic mass is 9.68. The molecule has 4 nitrogen and oxygen atoms in total. The number of fused-ring (bicyclic) bond motifs is 1. The first-order valence-electron chi connectivity index (χ1n) is 5.46. The zero-order valence-electron chi connectivity index (χ0n) is 8.86. The third kappa shape index (κ3) is 1.38. The van der Waals surface area contributed by atoms with Crippen LogP contribution in [0.4, 0.5) is 0 Å². The summed E-state index contributed by atoms with van der Waals surface area (Å²) in [6.07, 6.45) is 5.38. The predicted molar refractivity (Wildman–Crippen MR) is 65.3 cm³/mol. The molecule has 2 N–H and O–H groups in total. The molecule has 0 radical (unpaired) electrons. The largest absolute Gasteiger partial charge is 0.329 e. The molecule has 0 aromatic carbocycles. The Morgan fingerprint density at radius 3 is 2.88 bits per heavy atom. The maximum Gasteiger partial charge on any atom is 0.159 e. The van der Waals surface area contributed by atoms with Gasteiger partial charge in [-0.05, 0) is 40.9 Å². The number of aromatic nitrogens is 3. The summed E-state index contributed by atoms with van der Waals surface area (Å²) in [7, 11) is 0. The molecule has 2 aromatic rings. The van der Waals surface area contributed by atoms with Crippen LogP contribution in [0.15, 0.2) is 22.8 Å². The highest BCUT2D eigenvalue weighted by Crippen LogP contribution is 2.41. The lowest BCUT2D eigenvalue weighted by Crippen LogP contribution is -2.42. The summed E-state index contributed by atoms with van der Waals surface area (Å²) >= 11 is 3.43. The van der Waals surface area contributed by atoms with Crippen molar-refractivity contribution in [3.8, 4) is 0 Å². The molecule has 0 amide bonds. The summed E-state index contributed by atoms with van der Waals surface area (Å²) in [5.41, 5.74) is 6.78. The second-order valence-electron chi connectivity index (χ2n) is 4.42. The molecular weight excluding hydrogens is 268 g/mol. The van der Waals surface area contributed by atoms with Gasteiger partial charge in [0.05, 0.1) is 0 Å². The average Bonchev–Trinajstić information content (AvgIpc) is 2.60. The maximum atomic E-state index is 5.85. The van der Waals surface area contributed by atoms with Crippen LogP contribution in [-0.2, 0) is 5.41 Å². The fraction of sp³-hybridized carbons (Fsp3) is 0.455. The number of nitrogens with two attached hydrogens (primary N) is 1. The molecule has 0 bridgehead atoms. The van der Waals surface area contributed by atoms with Crippen LogP contribution in [0.25, 0.3) is 5.65 Å². The summed E-state index contributed by atoms with van der Waals surface area (Å²) in [6, 6.07) is 3.94. The molecular formula is C11H13BrN4. The number of halogens is 1. The molecule has 1 aliphatic carbocycles. The minimum absolute atomic E-state index is 0.0402. The first kappa shape index (κ1) is 10.2. The Hall–Kier alpha value is -0.940. The van der Waals surface area contributed by atoms with E-state index in [1.807, 2.05) is 22.8 Å². The second-order valence-corrected chi connectivity index (χ2v) is 5.34. The van der Waals surface area contributed by atoms with Gasteiger partial charge in [0.25, 0.3) is 0 Å². The zero-order chi connectivity index (χ0) is 11.2. The summed E-state index contributed by atoms with van der Waals surface area (Å²) in [5, 5.41) is 4.53. The Kier molecular flexibility index (Phi) is 2.26. The van der Waals surface area contributed by atoms with E-state index >= 15 is 0 Å². The highest BCUT2D eigenvalue weighted by molar-refractivity contribution is 9.10. The van der Waals surface area contributed by atoms with E-state index in [2.05, 4.69) is 26.0 Å². The van der Waals surface area contributed by atoms with Crippen LogP contribution < -0.4 is 5.73 Å². The predicted octanol–water partition coefficient (Wildman–Crippen LogP) is 1.87. The number of rotatable bonds is 2. The molecule has 3 rings (SSSR count). The van der Waals surface area contributed by atoms with Crippen molar-refractivity contribution in [3.05, 3.63) is 28.6 Å². The van der Waals surface area contributed by atoms with Crippen LogP contribution in [0.1, 0.15) is 25.1 Å². The van der Waals surface area contributed by atoms with Crippen LogP contribution in [0.3, 0.4) is 0 Å². The molecule has 2 heterocycles. The minimum atomic E-state index is 0.0402. The Balaban J connectivity index is 2.11. The third-order valence-corrected chi connectivity index (χ3v) is 3.94. The van der Waals surface area contributed by atoms with Crippen molar-refractivity contribution in [2.45, 2.75) is 24.7 Å². The molecule has 1 fully saturated rings. The normalized spacial score (nSPS) is 18.6. The van der Waals surface area contributed by atoms with E-state index in [0.29, 0.717) is 6.54 Å². The quantitative estimate of drug-likeness (QED) is 0.914. The van der Waals surface area contributed by atoms with Gasteiger partial charge in [-0.3, -0.25) is 0 Å². The highest BCUT2D eigenvalue weighted by atomic mass is 79.9. The topological polar surface area (TPSA) is 56.2 Å². The van der Waals surface area contributed by atoms with Gasteiger partial charge in [-0.1, -0.05) is 6.42 Å². The van der Waals surface area contributed by atoms with E-state index in [1.165, 1.54) is 6.42 Å². The summed E-state index contributed by atoms with van der Waals surface area (Å²) in [6.45, 7) is 0.644. The van der Waals surface area contributed by atoms with Crippen molar-refractivity contribution in [1.82, 2.24) is 14.6 Å². The summed E-state index contributed by atoms with van der Waals surface area (Å²) in [5.74, 6) is 0.902. The number of nitrogens with zero attached hydrogens (tertiary/aromatic N) is 3. The monoisotopic (exact) mass is 280 g/mol. The van der Waals surface area contributed by atoms with Crippen molar-refractivity contribution in [2.24, 2.45) is 5.73 Å². The van der Waals surface area contributed by atoms with Crippen molar-refractivity contribution < 1.29 is 0 Å². The van der Waals surface area contributed by atoms with Crippen LogP contribution in [-0.4, -0.2) is 21.1 Å². The van der Waals surface area contributed by atoms with Gasteiger partial charge in [-0.2, -0.15) is 5.10 Å². The molecule has 16 heavy (non-hydrogen) atoms. The van der Waals surface area contributed by atoms with Gasteiger partial charge in [0, 0.05) is 22.6 Å². The molecule has 5 heteroatoms. The second kappa shape index (κ2) is 3.53.